The molecule has 2 unspecified atom stereocenters. The summed E-state index contributed by atoms with van der Waals surface area (Å²) in [5, 5.41) is 3.72. The molecule has 0 amide bonds. The van der Waals surface area contributed by atoms with Crippen LogP contribution in [0, 0.1) is 0 Å². The van der Waals surface area contributed by atoms with Gasteiger partial charge in [-0.25, -0.2) is 0 Å². The molecule has 1 nitrogen and oxygen atoms in total. The van der Waals surface area contributed by atoms with E-state index < -0.39 is 0 Å². The number of rotatable bonds is 4. The van der Waals surface area contributed by atoms with Gasteiger partial charge in [0.25, 0.3) is 0 Å². The van der Waals surface area contributed by atoms with Gasteiger partial charge in [0.05, 0.1) is 0 Å². The van der Waals surface area contributed by atoms with Crippen LogP contribution in [0.15, 0.2) is 29.2 Å². The topological polar surface area (TPSA) is 12.0 Å². The van der Waals surface area contributed by atoms with Gasteiger partial charge < -0.3 is 5.32 Å². The fourth-order valence-corrected chi connectivity index (χ4v) is 3.33. The maximum absolute atomic E-state index is 3.72. The van der Waals surface area contributed by atoms with Crippen LogP contribution in [0.4, 0.5) is 0 Å². The van der Waals surface area contributed by atoms with E-state index in [0.29, 0.717) is 12.1 Å². The molecule has 0 saturated heterocycles. The van der Waals surface area contributed by atoms with Crippen LogP contribution in [-0.4, -0.2) is 11.8 Å². The highest BCUT2D eigenvalue weighted by atomic mass is 32.2. The third-order valence-corrected chi connectivity index (χ3v) is 4.09. The smallest absolute Gasteiger partial charge is 0.0428 e. The lowest BCUT2D eigenvalue weighted by Crippen LogP contribution is -2.30. The number of fused-ring (bicyclic) bond motifs is 1. The quantitative estimate of drug-likeness (QED) is 0.833. The number of hydrogen-bond donors (Lipinski definition) is 1. The molecule has 0 spiro atoms. The maximum Gasteiger partial charge on any atom is 0.0428 e. The molecule has 1 aliphatic rings. The summed E-state index contributed by atoms with van der Waals surface area (Å²) < 4.78 is 0. The Morgan fingerprint density at radius 1 is 1.47 bits per heavy atom. The van der Waals surface area contributed by atoms with Crippen molar-refractivity contribution in [1.82, 2.24) is 5.32 Å². The molecule has 82 valence electrons. The molecule has 1 heterocycles. The van der Waals surface area contributed by atoms with Crippen LogP contribution in [-0.2, 0) is 0 Å². The third kappa shape index (κ3) is 2.56. The molecule has 0 saturated carbocycles. The van der Waals surface area contributed by atoms with E-state index in [-0.39, 0.29) is 0 Å². The summed E-state index contributed by atoms with van der Waals surface area (Å²) in [5.74, 6) is 1.19. The Hall–Kier alpha value is -0.470. The summed E-state index contributed by atoms with van der Waals surface area (Å²) in [4.78, 5) is 1.46. The van der Waals surface area contributed by atoms with Crippen LogP contribution in [0.3, 0.4) is 0 Å². The average Bonchev–Trinajstić information content (AvgIpc) is 2.62. The molecule has 0 radical (unpaired) electrons. The normalized spacial score (nSPS) is 21.3. The predicted octanol–water partition coefficient (Wildman–Crippen LogP) is 3.61. The molecule has 1 aromatic rings. The molecule has 0 aliphatic carbocycles. The molecule has 2 rings (SSSR count). The molecular weight excluding hydrogens is 202 g/mol. The van der Waals surface area contributed by atoms with Gasteiger partial charge in [-0.2, -0.15) is 0 Å². The fourth-order valence-electron chi connectivity index (χ4n) is 2.16. The van der Waals surface area contributed by atoms with Gasteiger partial charge in [-0.1, -0.05) is 31.5 Å². The summed E-state index contributed by atoms with van der Waals surface area (Å²) in [7, 11) is 0. The fraction of sp³-hybridized carbons (Fsp3) is 0.538. The van der Waals surface area contributed by atoms with Crippen molar-refractivity contribution in [3.05, 3.63) is 29.8 Å². The number of hydrogen-bond acceptors (Lipinski definition) is 2. The van der Waals surface area contributed by atoms with Crippen molar-refractivity contribution < 1.29 is 0 Å². The first kappa shape index (κ1) is 11.0. The third-order valence-electron chi connectivity index (χ3n) is 2.91. The standard InChI is InChI=1S/C13H19NS/c1-3-6-10(2)14-12-9-15-13-8-5-4-7-11(12)13/h4-5,7-8,10,12,14H,3,6,9H2,1-2H3. The van der Waals surface area contributed by atoms with E-state index in [0.717, 1.165) is 0 Å². The van der Waals surface area contributed by atoms with E-state index in [4.69, 9.17) is 0 Å². The van der Waals surface area contributed by atoms with Gasteiger partial charge in [0, 0.05) is 22.7 Å². The van der Waals surface area contributed by atoms with Crippen molar-refractivity contribution in [2.24, 2.45) is 0 Å². The van der Waals surface area contributed by atoms with Gasteiger partial charge in [0.1, 0.15) is 0 Å². The van der Waals surface area contributed by atoms with Gasteiger partial charge in [0.2, 0.25) is 0 Å². The molecule has 1 aliphatic heterocycles. The molecule has 1 aromatic carbocycles. The summed E-state index contributed by atoms with van der Waals surface area (Å²) in [5.41, 5.74) is 1.49. The summed E-state index contributed by atoms with van der Waals surface area (Å²) >= 11 is 1.97. The lowest BCUT2D eigenvalue weighted by molar-refractivity contribution is 0.457. The van der Waals surface area contributed by atoms with E-state index in [1.54, 1.807) is 0 Å². The van der Waals surface area contributed by atoms with E-state index in [1.807, 2.05) is 11.8 Å². The Balaban J connectivity index is 2.01. The molecule has 15 heavy (non-hydrogen) atoms. The maximum atomic E-state index is 3.72. The largest absolute Gasteiger partial charge is 0.307 e. The average molecular weight is 221 g/mol. The van der Waals surface area contributed by atoms with Crippen molar-refractivity contribution >= 4 is 11.8 Å². The van der Waals surface area contributed by atoms with Gasteiger partial charge in [-0.3, -0.25) is 0 Å². The highest BCUT2D eigenvalue weighted by Crippen LogP contribution is 2.37. The SMILES string of the molecule is CCCC(C)NC1CSc2ccccc21. The lowest BCUT2D eigenvalue weighted by atomic mass is 10.1. The van der Waals surface area contributed by atoms with Crippen molar-refractivity contribution in [1.29, 1.82) is 0 Å². The van der Waals surface area contributed by atoms with Crippen LogP contribution in [0.5, 0.6) is 0 Å². The second-order valence-electron chi connectivity index (χ2n) is 4.26. The van der Waals surface area contributed by atoms with Gasteiger partial charge >= 0.3 is 0 Å². The van der Waals surface area contributed by atoms with Crippen molar-refractivity contribution in [2.45, 2.75) is 43.7 Å². The van der Waals surface area contributed by atoms with Crippen LogP contribution < -0.4 is 5.32 Å². The van der Waals surface area contributed by atoms with Gasteiger partial charge in [0.15, 0.2) is 0 Å². The Morgan fingerprint density at radius 3 is 3.07 bits per heavy atom. The highest BCUT2D eigenvalue weighted by Gasteiger charge is 2.23. The summed E-state index contributed by atoms with van der Waals surface area (Å²) in [6, 6.07) is 9.95. The van der Waals surface area contributed by atoms with Gasteiger partial charge in [-0.15, -0.1) is 11.8 Å². The van der Waals surface area contributed by atoms with Crippen LogP contribution in [0.2, 0.25) is 0 Å². The highest BCUT2D eigenvalue weighted by molar-refractivity contribution is 7.99. The lowest BCUT2D eigenvalue weighted by Gasteiger charge is -2.19. The second-order valence-corrected chi connectivity index (χ2v) is 5.32. The Morgan fingerprint density at radius 2 is 2.27 bits per heavy atom. The van der Waals surface area contributed by atoms with Crippen molar-refractivity contribution in [3.8, 4) is 0 Å². The van der Waals surface area contributed by atoms with E-state index in [1.165, 1.54) is 29.1 Å². The molecule has 0 fully saturated rings. The zero-order valence-electron chi connectivity index (χ0n) is 9.49. The molecule has 2 heteroatoms. The predicted molar refractivity (Wildman–Crippen MR) is 67.4 cm³/mol. The minimum absolute atomic E-state index is 0.563. The molecule has 0 bridgehead atoms. The second kappa shape index (κ2) is 5.04. The molecular formula is C13H19NS. The van der Waals surface area contributed by atoms with E-state index in [9.17, 15) is 0 Å². The van der Waals surface area contributed by atoms with Crippen LogP contribution in [0.25, 0.3) is 0 Å². The zero-order valence-corrected chi connectivity index (χ0v) is 10.3. The Bertz CT molecular complexity index is 324. The summed E-state index contributed by atoms with van der Waals surface area (Å²) in [6.07, 6.45) is 2.53. The van der Waals surface area contributed by atoms with E-state index >= 15 is 0 Å². The molecule has 0 aromatic heterocycles. The number of nitrogens with one attached hydrogen (secondary N) is 1. The number of benzene rings is 1. The van der Waals surface area contributed by atoms with Crippen LogP contribution >= 0.6 is 11.8 Å². The minimum atomic E-state index is 0.563. The molecule has 1 N–H and O–H groups in total. The van der Waals surface area contributed by atoms with E-state index in [2.05, 4.69) is 43.4 Å². The Kier molecular flexibility index (Phi) is 3.71. The summed E-state index contributed by atoms with van der Waals surface area (Å²) in [6.45, 7) is 4.53. The monoisotopic (exact) mass is 221 g/mol. The Labute approximate surface area is 96.7 Å². The number of thioether (sulfide) groups is 1. The first-order chi connectivity index (χ1) is 7.31. The first-order valence-corrected chi connectivity index (χ1v) is 6.77. The molecule has 2 atom stereocenters. The van der Waals surface area contributed by atoms with Crippen LogP contribution in [0.1, 0.15) is 38.3 Å². The first-order valence-electron chi connectivity index (χ1n) is 5.79. The minimum Gasteiger partial charge on any atom is -0.307 e. The van der Waals surface area contributed by atoms with Crippen molar-refractivity contribution in [2.75, 3.05) is 5.75 Å². The van der Waals surface area contributed by atoms with Gasteiger partial charge in [-0.05, 0) is 25.0 Å². The zero-order chi connectivity index (χ0) is 10.7. The van der Waals surface area contributed by atoms with Crippen molar-refractivity contribution in [3.63, 3.8) is 0 Å².